The van der Waals surface area contributed by atoms with Crippen LogP contribution in [0.5, 0.6) is 0 Å². The van der Waals surface area contributed by atoms with Crippen LogP contribution in [-0.4, -0.2) is 18.8 Å². The molecular weight excluding hydrogens is 266 g/mol. The lowest BCUT2D eigenvalue weighted by Crippen LogP contribution is -2.40. The van der Waals surface area contributed by atoms with Crippen LogP contribution in [0, 0.1) is 6.92 Å². The lowest BCUT2D eigenvalue weighted by Gasteiger charge is -2.36. The van der Waals surface area contributed by atoms with Crippen LogP contribution >= 0.6 is 15.9 Å². The van der Waals surface area contributed by atoms with E-state index in [1.165, 1.54) is 11.3 Å². The maximum Gasteiger partial charge on any atom is 0.0614 e. The van der Waals surface area contributed by atoms with Gasteiger partial charge in [0.25, 0.3) is 0 Å². The summed E-state index contributed by atoms with van der Waals surface area (Å²) in [6, 6.07) is 7.00. The van der Waals surface area contributed by atoms with E-state index >= 15 is 0 Å². The predicted molar refractivity (Wildman–Crippen MR) is 70.9 cm³/mol. The van der Waals surface area contributed by atoms with E-state index < -0.39 is 0 Å². The number of hydrogen-bond acceptors (Lipinski definition) is 2. The largest absolute Gasteiger partial charge is 0.382 e. The van der Waals surface area contributed by atoms with Gasteiger partial charge in [-0.25, -0.2) is 0 Å². The second kappa shape index (κ2) is 5.19. The Morgan fingerprint density at radius 3 is 2.75 bits per heavy atom. The molecule has 0 unspecified atom stereocenters. The van der Waals surface area contributed by atoms with Gasteiger partial charge in [0.15, 0.2) is 0 Å². The van der Waals surface area contributed by atoms with Gasteiger partial charge in [0, 0.05) is 22.8 Å². The van der Waals surface area contributed by atoms with Gasteiger partial charge in [-0.15, -0.1) is 0 Å². The Balaban J connectivity index is 1.86. The highest BCUT2D eigenvalue weighted by Crippen LogP contribution is 2.28. The lowest BCUT2D eigenvalue weighted by atomic mass is 9.89. The average molecular weight is 284 g/mol. The van der Waals surface area contributed by atoms with Crippen molar-refractivity contribution < 1.29 is 4.74 Å². The smallest absolute Gasteiger partial charge is 0.0614 e. The summed E-state index contributed by atoms with van der Waals surface area (Å²) >= 11 is 3.51. The Morgan fingerprint density at radius 1 is 1.38 bits per heavy atom. The Morgan fingerprint density at radius 2 is 2.12 bits per heavy atom. The van der Waals surface area contributed by atoms with E-state index in [4.69, 9.17) is 4.74 Å². The highest BCUT2D eigenvalue weighted by atomic mass is 79.9. The normalized spacial score (nSPS) is 23.9. The summed E-state index contributed by atoms with van der Waals surface area (Å²) in [4.78, 5) is 0. The van der Waals surface area contributed by atoms with Gasteiger partial charge in [-0.2, -0.15) is 0 Å². The van der Waals surface area contributed by atoms with E-state index in [0.29, 0.717) is 12.1 Å². The van der Waals surface area contributed by atoms with Crippen molar-refractivity contribution in [1.82, 2.24) is 0 Å². The maximum absolute atomic E-state index is 5.54. The third kappa shape index (κ3) is 2.98. The highest BCUT2D eigenvalue weighted by molar-refractivity contribution is 9.10. The van der Waals surface area contributed by atoms with E-state index in [-0.39, 0.29) is 0 Å². The molecule has 1 aromatic rings. The van der Waals surface area contributed by atoms with Gasteiger partial charge in [0.1, 0.15) is 0 Å². The quantitative estimate of drug-likeness (QED) is 0.909. The third-order valence-corrected chi connectivity index (χ3v) is 3.37. The van der Waals surface area contributed by atoms with Crippen molar-refractivity contribution in [1.29, 1.82) is 0 Å². The highest BCUT2D eigenvalue weighted by Gasteiger charge is 2.29. The first-order valence-electron chi connectivity index (χ1n) is 5.82. The first kappa shape index (κ1) is 11.9. The number of hydrogen-bond donors (Lipinski definition) is 1. The molecule has 0 heterocycles. The molecule has 88 valence electrons. The maximum atomic E-state index is 5.54. The van der Waals surface area contributed by atoms with Crippen molar-refractivity contribution >= 4 is 21.6 Å². The molecule has 16 heavy (non-hydrogen) atoms. The standard InChI is InChI=1S/C13H18BrNO/c1-3-16-13-7-12(8-13)15-11-5-9(2)4-10(14)6-11/h4-6,12-13,15H,3,7-8H2,1-2H3. The van der Waals surface area contributed by atoms with Crippen LogP contribution in [0.2, 0.25) is 0 Å². The lowest BCUT2D eigenvalue weighted by molar-refractivity contribution is 0.00299. The summed E-state index contributed by atoms with van der Waals surface area (Å²) in [5.74, 6) is 0. The Hall–Kier alpha value is -0.540. The van der Waals surface area contributed by atoms with Crippen LogP contribution in [-0.2, 0) is 4.74 Å². The zero-order valence-electron chi connectivity index (χ0n) is 9.79. The van der Waals surface area contributed by atoms with Crippen molar-refractivity contribution in [2.75, 3.05) is 11.9 Å². The third-order valence-electron chi connectivity index (χ3n) is 2.91. The van der Waals surface area contributed by atoms with Crippen LogP contribution in [0.3, 0.4) is 0 Å². The fourth-order valence-corrected chi connectivity index (χ4v) is 2.72. The molecule has 0 bridgehead atoms. The minimum absolute atomic E-state index is 0.468. The van der Waals surface area contributed by atoms with Gasteiger partial charge in [-0.1, -0.05) is 15.9 Å². The monoisotopic (exact) mass is 283 g/mol. The van der Waals surface area contributed by atoms with Crippen molar-refractivity contribution in [3.05, 3.63) is 28.2 Å². The van der Waals surface area contributed by atoms with Gasteiger partial charge >= 0.3 is 0 Å². The minimum Gasteiger partial charge on any atom is -0.382 e. The van der Waals surface area contributed by atoms with Gasteiger partial charge < -0.3 is 10.1 Å². The number of ether oxygens (including phenoxy) is 1. The number of halogens is 1. The average Bonchev–Trinajstić information content (AvgIpc) is 2.13. The molecule has 1 aliphatic rings. The molecule has 2 rings (SSSR count). The first-order valence-corrected chi connectivity index (χ1v) is 6.62. The van der Waals surface area contributed by atoms with Crippen LogP contribution < -0.4 is 5.32 Å². The summed E-state index contributed by atoms with van der Waals surface area (Å²) in [6.07, 6.45) is 2.72. The second-order valence-corrected chi connectivity index (χ2v) is 5.32. The number of anilines is 1. The van der Waals surface area contributed by atoms with Crippen LogP contribution in [0.25, 0.3) is 0 Å². The molecule has 0 aromatic heterocycles. The van der Waals surface area contributed by atoms with E-state index in [0.717, 1.165) is 23.9 Å². The number of benzene rings is 1. The summed E-state index contributed by atoms with van der Waals surface area (Å²) in [7, 11) is 0. The number of rotatable bonds is 4. The molecule has 0 saturated heterocycles. The molecule has 1 aliphatic carbocycles. The molecule has 0 radical (unpaired) electrons. The zero-order valence-corrected chi connectivity index (χ0v) is 11.4. The Bertz CT molecular complexity index is 341. The molecule has 0 spiro atoms. The molecule has 1 N–H and O–H groups in total. The molecule has 0 amide bonds. The molecule has 3 heteroatoms. The molecule has 0 aliphatic heterocycles. The summed E-state index contributed by atoms with van der Waals surface area (Å²) < 4.78 is 6.68. The molecule has 2 nitrogen and oxygen atoms in total. The van der Waals surface area contributed by atoms with Crippen molar-refractivity contribution in [3.63, 3.8) is 0 Å². The van der Waals surface area contributed by atoms with E-state index in [2.05, 4.69) is 53.3 Å². The number of nitrogens with one attached hydrogen (secondary N) is 1. The minimum atomic E-state index is 0.468. The molecule has 0 atom stereocenters. The Labute approximate surface area is 106 Å². The molecular formula is C13H18BrNO. The predicted octanol–water partition coefficient (Wildman–Crippen LogP) is 3.74. The zero-order chi connectivity index (χ0) is 11.5. The first-order chi connectivity index (χ1) is 7.67. The van der Waals surface area contributed by atoms with Gasteiger partial charge in [-0.05, 0) is 50.5 Å². The Kier molecular flexibility index (Phi) is 3.87. The number of aryl methyl sites for hydroxylation is 1. The molecule has 1 fully saturated rings. The van der Waals surface area contributed by atoms with E-state index in [1.807, 2.05) is 0 Å². The van der Waals surface area contributed by atoms with Crippen molar-refractivity contribution in [3.8, 4) is 0 Å². The van der Waals surface area contributed by atoms with Crippen molar-refractivity contribution in [2.45, 2.75) is 38.8 Å². The van der Waals surface area contributed by atoms with Crippen LogP contribution in [0.1, 0.15) is 25.3 Å². The van der Waals surface area contributed by atoms with E-state index in [1.54, 1.807) is 0 Å². The van der Waals surface area contributed by atoms with Crippen LogP contribution in [0.4, 0.5) is 5.69 Å². The topological polar surface area (TPSA) is 21.3 Å². The molecule has 1 aromatic carbocycles. The van der Waals surface area contributed by atoms with Crippen LogP contribution in [0.15, 0.2) is 22.7 Å². The second-order valence-electron chi connectivity index (χ2n) is 4.41. The SMILES string of the molecule is CCOC1CC(Nc2cc(C)cc(Br)c2)C1. The summed E-state index contributed by atoms with van der Waals surface area (Å²) in [5.41, 5.74) is 2.48. The molecule has 1 saturated carbocycles. The fourth-order valence-electron chi connectivity index (χ4n) is 2.11. The van der Waals surface area contributed by atoms with Crippen molar-refractivity contribution in [2.24, 2.45) is 0 Å². The fraction of sp³-hybridized carbons (Fsp3) is 0.538. The van der Waals surface area contributed by atoms with Gasteiger partial charge in [0.05, 0.1) is 6.10 Å². The summed E-state index contributed by atoms with van der Waals surface area (Å²) in [5, 5.41) is 3.54. The summed E-state index contributed by atoms with van der Waals surface area (Å²) in [6.45, 7) is 4.99. The van der Waals surface area contributed by atoms with Gasteiger partial charge in [0.2, 0.25) is 0 Å². The van der Waals surface area contributed by atoms with Gasteiger partial charge in [-0.3, -0.25) is 0 Å². The van der Waals surface area contributed by atoms with E-state index in [9.17, 15) is 0 Å².